The molecule has 4 N–H and O–H groups in total. The van der Waals surface area contributed by atoms with E-state index in [9.17, 15) is 9.90 Å². The maximum atomic E-state index is 12.0. The first-order chi connectivity index (χ1) is 10.5. The Balaban J connectivity index is 2.29. The van der Waals surface area contributed by atoms with Gasteiger partial charge in [0.05, 0.1) is 12.7 Å². The van der Waals surface area contributed by atoms with Gasteiger partial charge in [0.2, 0.25) is 0 Å². The van der Waals surface area contributed by atoms with Crippen LogP contribution in [0.5, 0.6) is 0 Å². The van der Waals surface area contributed by atoms with Crippen molar-refractivity contribution >= 4 is 5.82 Å². The number of aliphatic hydroxyl groups is 2. The molecule has 7 nitrogen and oxygen atoms in total. The van der Waals surface area contributed by atoms with Gasteiger partial charge < -0.3 is 20.7 Å². The molecule has 0 radical (unpaired) electrons. The molecule has 2 rings (SSSR count). The minimum atomic E-state index is -0.801. The zero-order valence-electron chi connectivity index (χ0n) is 12.9. The van der Waals surface area contributed by atoms with E-state index < -0.39 is 24.1 Å². The lowest BCUT2D eigenvalue weighted by atomic mass is 10.1. The normalized spacial score (nSPS) is 25.6. The molecule has 1 aliphatic rings. The first-order valence-corrected chi connectivity index (χ1v) is 7.43. The number of aromatic nitrogens is 2. The van der Waals surface area contributed by atoms with Gasteiger partial charge in [-0.3, -0.25) is 4.57 Å². The number of hydrogen-bond donors (Lipinski definition) is 3. The van der Waals surface area contributed by atoms with Gasteiger partial charge in [-0.2, -0.15) is 4.98 Å². The van der Waals surface area contributed by atoms with Gasteiger partial charge in [0.25, 0.3) is 0 Å². The summed E-state index contributed by atoms with van der Waals surface area (Å²) < 4.78 is 6.84. The molecule has 0 bridgehead atoms. The third kappa shape index (κ3) is 3.55. The van der Waals surface area contributed by atoms with Crippen molar-refractivity contribution in [3.05, 3.63) is 33.9 Å². The van der Waals surface area contributed by atoms with Gasteiger partial charge >= 0.3 is 5.69 Å². The average Bonchev–Trinajstić information content (AvgIpc) is 2.83. The van der Waals surface area contributed by atoms with E-state index in [-0.39, 0.29) is 18.8 Å². The summed E-state index contributed by atoms with van der Waals surface area (Å²) in [5.74, 6) is 0.211. The molecule has 1 aromatic rings. The summed E-state index contributed by atoms with van der Waals surface area (Å²) in [6.07, 6.45) is 3.37. The number of rotatable bonds is 5. The molecule has 1 aromatic heterocycles. The summed E-state index contributed by atoms with van der Waals surface area (Å²) in [7, 11) is 0. The van der Waals surface area contributed by atoms with E-state index >= 15 is 0 Å². The quantitative estimate of drug-likeness (QED) is 0.678. The summed E-state index contributed by atoms with van der Waals surface area (Å²) in [6.45, 7) is 3.75. The second-order valence-electron chi connectivity index (χ2n) is 5.59. The van der Waals surface area contributed by atoms with E-state index in [4.69, 9.17) is 15.6 Å². The SMILES string of the molecule is CCC=C(C)Cc1cn([C@H]2CC(O)[C@@H](CO)O2)c(=O)nc1N. The first kappa shape index (κ1) is 16.7. The second kappa shape index (κ2) is 7.04. The zero-order chi connectivity index (χ0) is 16.3. The Labute approximate surface area is 129 Å². The van der Waals surface area contributed by atoms with Crippen molar-refractivity contribution in [1.29, 1.82) is 0 Å². The number of nitrogens with two attached hydrogens (primary N) is 1. The predicted octanol–water partition coefficient (Wildman–Crippen LogP) is 0.365. The zero-order valence-corrected chi connectivity index (χ0v) is 12.9. The third-order valence-corrected chi connectivity index (χ3v) is 3.78. The van der Waals surface area contributed by atoms with Crippen LogP contribution in [0.2, 0.25) is 0 Å². The third-order valence-electron chi connectivity index (χ3n) is 3.78. The van der Waals surface area contributed by atoms with Gasteiger partial charge in [-0.15, -0.1) is 0 Å². The molecule has 0 saturated carbocycles. The number of aliphatic hydroxyl groups excluding tert-OH is 2. The maximum absolute atomic E-state index is 12.0. The standard InChI is InChI=1S/C15H23N3O4/c1-3-4-9(2)5-10-7-18(15(21)17-14(10)16)13-6-11(20)12(8-19)22-13/h4,7,11-13,19-20H,3,5-6,8H2,1-2H3,(H2,16,17,21)/t11?,12-,13-/m1/s1. The molecule has 1 unspecified atom stereocenters. The maximum Gasteiger partial charge on any atom is 0.351 e. The largest absolute Gasteiger partial charge is 0.394 e. The van der Waals surface area contributed by atoms with Gasteiger partial charge in [-0.1, -0.05) is 18.6 Å². The minimum absolute atomic E-state index is 0.211. The molecule has 0 aromatic carbocycles. The summed E-state index contributed by atoms with van der Waals surface area (Å²) in [4.78, 5) is 15.9. The van der Waals surface area contributed by atoms with E-state index in [2.05, 4.69) is 18.0 Å². The van der Waals surface area contributed by atoms with Crippen LogP contribution in [0.15, 0.2) is 22.6 Å². The lowest BCUT2D eigenvalue weighted by molar-refractivity contribution is -0.0459. The van der Waals surface area contributed by atoms with Crippen LogP contribution in [0.25, 0.3) is 0 Å². The molecule has 1 saturated heterocycles. The first-order valence-electron chi connectivity index (χ1n) is 7.43. The van der Waals surface area contributed by atoms with E-state index in [1.165, 1.54) is 4.57 Å². The number of hydrogen-bond acceptors (Lipinski definition) is 6. The number of ether oxygens (including phenoxy) is 1. The Morgan fingerprint density at radius 2 is 2.36 bits per heavy atom. The van der Waals surface area contributed by atoms with E-state index in [0.717, 1.165) is 17.6 Å². The number of nitrogens with zero attached hydrogens (tertiary/aromatic N) is 2. The number of allylic oxidation sites excluding steroid dienone is 2. The highest BCUT2D eigenvalue weighted by Crippen LogP contribution is 2.28. The highest BCUT2D eigenvalue weighted by atomic mass is 16.5. The van der Waals surface area contributed by atoms with Crippen LogP contribution in [0.1, 0.15) is 38.5 Å². The van der Waals surface area contributed by atoms with E-state index in [1.807, 2.05) is 6.92 Å². The Morgan fingerprint density at radius 3 is 2.95 bits per heavy atom. The highest BCUT2D eigenvalue weighted by molar-refractivity contribution is 5.39. The van der Waals surface area contributed by atoms with E-state index in [1.54, 1.807) is 6.20 Å². The van der Waals surface area contributed by atoms with Crippen LogP contribution < -0.4 is 11.4 Å². The monoisotopic (exact) mass is 309 g/mol. The Bertz CT molecular complexity index is 611. The van der Waals surface area contributed by atoms with Crippen molar-refractivity contribution in [2.45, 2.75) is 51.5 Å². The number of anilines is 1. The molecular weight excluding hydrogens is 286 g/mol. The molecular formula is C15H23N3O4. The summed E-state index contributed by atoms with van der Waals surface area (Å²) in [5.41, 5.74) is 7.20. The topological polar surface area (TPSA) is 111 Å². The molecule has 0 aliphatic carbocycles. The molecule has 0 spiro atoms. The second-order valence-corrected chi connectivity index (χ2v) is 5.59. The van der Waals surface area contributed by atoms with Crippen LogP contribution in [0.4, 0.5) is 5.82 Å². The molecule has 7 heteroatoms. The van der Waals surface area contributed by atoms with Gasteiger partial charge in [0, 0.05) is 18.2 Å². The van der Waals surface area contributed by atoms with Crippen molar-refractivity contribution in [1.82, 2.24) is 9.55 Å². The average molecular weight is 309 g/mol. The van der Waals surface area contributed by atoms with Crippen molar-refractivity contribution in [2.75, 3.05) is 12.3 Å². The van der Waals surface area contributed by atoms with Crippen LogP contribution in [-0.2, 0) is 11.2 Å². The summed E-state index contributed by atoms with van der Waals surface area (Å²) >= 11 is 0. The summed E-state index contributed by atoms with van der Waals surface area (Å²) in [5, 5.41) is 18.9. The molecule has 22 heavy (non-hydrogen) atoms. The van der Waals surface area contributed by atoms with E-state index in [0.29, 0.717) is 6.42 Å². The van der Waals surface area contributed by atoms with Crippen LogP contribution in [0, 0.1) is 0 Å². The van der Waals surface area contributed by atoms with Gasteiger partial charge in [0.15, 0.2) is 0 Å². The Morgan fingerprint density at radius 1 is 1.64 bits per heavy atom. The minimum Gasteiger partial charge on any atom is -0.394 e. The van der Waals surface area contributed by atoms with Crippen LogP contribution in [0.3, 0.4) is 0 Å². The van der Waals surface area contributed by atoms with Gasteiger partial charge in [-0.05, 0) is 19.8 Å². The highest BCUT2D eigenvalue weighted by Gasteiger charge is 2.35. The molecule has 0 amide bonds. The molecule has 3 atom stereocenters. The number of nitrogen functional groups attached to an aromatic ring is 1. The lowest BCUT2D eigenvalue weighted by Crippen LogP contribution is -2.29. The fourth-order valence-electron chi connectivity index (χ4n) is 2.64. The summed E-state index contributed by atoms with van der Waals surface area (Å²) in [6, 6.07) is 0. The van der Waals surface area contributed by atoms with Gasteiger partial charge in [0.1, 0.15) is 18.1 Å². The van der Waals surface area contributed by atoms with Crippen LogP contribution in [-0.4, -0.2) is 38.6 Å². The predicted molar refractivity (Wildman–Crippen MR) is 82.3 cm³/mol. The molecule has 1 aliphatic heterocycles. The lowest BCUT2D eigenvalue weighted by Gasteiger charge is -2.16. The van der Waals surface area contributed by atoms with Crippen LogP contribution >= 0.6 is 0 Å². The Kier molecular flexibility index (Phi) is 5.33. The van der Waals surface area contributed by atoms with Crippen molar-refractivity contribution in [3.63, 3.8) is 0 Å². The van der Waals surface area contributed by atoms with Crippen molar-refractivity contribution in [3.8, 4) is 0 Å². The van der Waals surface area contributed by atoms with Crippen molar-refractivity contribution in [2.24, 2.45) is 0 Å². The fraction of sp³-hybridized carbons (Fsp3) is 0.600. The smallest absolute Gasteiger partial charge is 0.351 e. The molecule has 1 fully saturated rings. The molecule has 2 heterocycles. The molecule has 122 valence electrons. The van der Waals surface area contributed by atoms with Gasteiger partial charge in [-0.25, -0.2) is 4.79 Å². The van der Waals surface area contributed by atoms with Crippen molar-refractivity contribution < 1.29 is 14.9 Å². The Hall–Kier alpha value is -1.70. The fourth-order valence-corrected chi connectivity index (χ4v) is 2.64.